The van der Waals surface area contributed by atoms with Crippen LogP contribution in [0.2, 0.25) is 0 Å². The largest absolute Gasteiger partial charge is 0.356 e. The maximum atomic E-state index is 13.7. The van der Waals surface area contributed by atoms with Gasteiger partial charge in [-0.2, -0.15) is 0 Å². The van der Waals surface area contributed by atoms with Gasteiger partial charge in [-0.15, -0.1) is 0 Å². The fourth-order valence-electron chi connectivity index (χ4n) is 5.80. The molecule has 2 atom stereocenters. The molecule has 0 spiro atoms. The van der Waals surface area contributed by atoms with Crippen molar-refractivity contribution in [3.8, 4) is 0 Å². The van der Waals surface area contributed by atoms with Gasteiger partial charge in [0.2, 0.25) is 11.8 Å². The summed E-state index contributed by atoms with van der Waals surface area (Å²) in [6.07, 6.45) is 4.89. The number of halogens is 1. The Morgan fingerprint density at radius 1 is 0.968 bits per heavy atom. The Morgan fingerprint density at radius 3 is 2.48 bits per heavy atom. The van der Waals surface area contributed by atoms with Crippen LogP contribution in [-0.2, 0) is 16.0 Å². The Labute approximate surface area is 189 Å². The van der Waals surface area contributed by atoms with Crippen LogP contribution >= 0.6 is 15.9 Å². The number of nitrogens with zero attached hydrogens (tertiary/aromatic N) is 2. The van der Waals surface area contributed by atoms with Crippen LogP contribution in [0, 0.1) is 0 Å². The van der Waals surface area contributed by atoms with Gasteiger partial charge in [0.25, 0.3) is 0 Å². The Balaban J connectivity index is 1.51. The molecule has 3 aromatic rings. The molecular formula is C25H24BrN3O2. The number of amides is 2. The van der Waals surface area contributed by atoms with Gasteiger partial charge in [0, 0.05) is 33.5 Å². The minimum absolute atomic E-state index is 0.0497. The summed E-state index contributed by atoms with van der Waals surface area (Å²) >= 11 is 3.52. The minimum Gasteiger partial charge on any atom is -0.356 e. The molecule has 1 aliphatic carbocycles. The van der Waals surface area contributed by atoms with Gasteiger partial charge < -0.3 is 14.8 Å². The average molecular weight is 478 g/mol. The molecule has 6 rings (SSSR count). The fraction of sp³-hybridized carbons (Fsp3) is 0.360. The number of para-hydroxylation sites is 1. The van der Waals surface area contributed by atoms with E-state index >= 15 is 0 Å². The van der Waals surface area contributed by atoms with E-state index in [9.17, 15) is 9.59 Å². The molecule has 2 fully saturated rings. The molecule has 3 aliphatic rings. The molecule has 6 heteroatoms. The number of carbonyl (C=O) groups is 2. The topological polar surface area (TPSA) is 56.4 Å². The van der Waals surface area contributed by atoms with Crippen molar-refractivity contribution in [1.29, 1.82) is 0 Å². The highest BCUT2D eigenvalue weighted by Crippen LogP contribution is 2.43. The number of H-pyrrole nitrogens is 1. The maximum Gasteiger partial charge on any atom is 0.246 e. The van der Waals surface area contributed by atoms with E-state index in [0.29, 0.717) is 6.42 Å². The summed E-state index contributed by atoms with van der Waals surface area (Å²) < 4.78 is 0.994. The van der Waals surface area contributed by atoms with Crippen molar-refractivity contribution in [1.82, 2.24) is 14.8 Å². The number of nitrogens with one attached hydrogen (secondary N) is 1. The van der Waals surface area contributed by atoms with Crippen LogP contribution in [0.3, 0.4) is 0 Å². The molecule has 2 aliphatic heterocycles. The van der Waals surface area contributed by atoms with Gasteiger partial charge >= 0.3 is 0 Å². The predicted molar refractivity (Wildman–Crippen MR) is 123 cm³/mol. The number of rotatable bonds is 2. The lowest BCUT2D eigenvalue weighted by atomic mass is 9.86. The third-order valence-electron chi connectivity index (χ3n) is 7.24. The third-order valence-corrected chi connectivity index (χ3v) is 7.77. The van der Waals surface area contributed by atoms with Crippen LogP contribution in [0.4, 0.5) is 0 Å². The molecule has 0 radical (unpaired) electrons. The SMILES string of the molecule is O=C1[C@@H]2Cc3c([nH]c4ccccc34)[C@H](c3ccc(Br)cc3)N2C(=O)CN1C1CCCC1. The summed E-state index contributed by atoms with van der Waals surface area (Å²) in [4.78, 5) is 34.6. The van der Waals surface area contributed by atoms with Crippen molar-refractivity contribution < 1.29 is 9.59 Å². The zero-order valence-electron chi connectivity index (χ0n) is 17.2. The maximum absolute atomic E-state index is 13.7. The normalized spacial score (nSPS) is 24.0. The van der Waals surface area contributed by atoms with E-state index in [-0.39, 0.29) is 30.4 Å². The van der Waals surface area contributed by atoms with E-state index in [1.54, 1.807) is 0 Å². The van der Waals surface area contributed by atoms with Crippen molar-refractivity contribution in [3.05, 3.63) is 69.8 Å². The van der Waals surface area contributed by atoms with Crippen LogP contribution in [0.1, 0.15) is 48.5 Å². The molecule has 3 heterocycles. The molecule has 2 amide bonds. The molecule has 2 aromatic carbocycles. The fourth-order valence-corrected chi connectivity index (χ4v) is 6.07. The zero-order valence-corrected chi connectivity index (χ0v) is 18.8. The first kappa shape index (κ1) is 19.1. The number of benzene rings is 2. The lowest BCUT2D eigenvalue weighted by Crippen LogP contribution is -2.64. The van der Waals surface area contributed by atoms with E-state index in [1.807, 2.05) is 46.2 Å². The Morgan fingerprint density at radius 2 is 1.71 bits per heavy atom. The predicted octanol–water partition coefficient (Wildman–Crippen LogP) is 4.56. The second kappa shape index (κ2) is 7.23. The first-order chi connectivity index (χ1) is 15.1. The van der Waals surface area contributed by atoms with Gasteiger partial charge in [0.15, 0.2) is 0 Å². The molecule has 0 unspecified atom stereocenters. The summed E-state index contributed by atoms with van der Waals surface area (Å²) in [6.45, 7) is 0.197. The molecule has 5 nitrogen and oxygen atoms in total. The number of fused-ring (bicyclic) bond motifs is 4. The smallest absolute Gasteiger partial charge is 0.246 e. The van der Waals surface area contributed by atoms with Gasteiger partial charge in [0.1, 0.15) is 12.6 Å². The van der Waals surface area contributed by atoms with E-state index in [1.165, 1.54) is 5.56 Å². The highest BCUT2D eigenvalue weighted by atomic mass is 79.9. The average Bonchev–Trinajstić information content (AvgIpc) is 3.44. The van der Waals surface area contributed by atoms with Gasteiger partial charge in [-0.3, -0.25) is 9.59 Å². The second-order valence-corrected chi connectivity index (χ2v) is 9.86. The Kier molecular flexibility index (Phi) is 4.46. The third kappa shape index (κ3) is 2.95. The molecular weight excluding hydrogens is 454 g/mol. The molecule has 1 saturated carbocycles. The van der Waals surface area contributed by atoms with Gasteiger partial charge in [0.05, 0.1) is 6.04 Å². The second-order valence-electron chi connectivity index (χ2n) is 8.94. The number of aromatic amines is 1. The summed E-state index contributed by atoms with van der Waals surface area (Å²) in [5, 5.41) is 1.15. The van der Waals surface area contributed by atoms with E-state index in [2.05, 4.69) is 33.0 Å². The lowest BCUT2D eigenvalue weighted by Gasteiger charge is -2.48. The summed E-state index contributed by atoms with van der Waals surface area (Å²) in [5.41, 5.74) is 4.28. The molecule has 0 bridgehead atoms. The van der Waals surface area contributed by atoms with Crippen molar-refractivity contribution in [2.45, 2.75) is 50.2 Å². The Bertz CT molecular complexity index is 1180. The van der Waals surface area contributed by atoms with Crippen LogP contribution < -0.4 is 0 Å². The monoisotopic (exact) mass is 477 g/mol. The first-order valence-corrected chi connectivity index (χ1v) is 11.9. The van der Waals surface area contributed by atoms with Crippen LogP contribution in [-0.4, -0.2) is 45.2 Å². The summed E-state index contributed by atoms with van der Waals surface area (Å²) in [7, 11) is 0. The summed E-state index contributed by atoms with van der Waals surface area (Å²) in [5.74, 6) is 0.165. The molecule has 1 N–H and O–H groups in total. The quantitative estimate of drug-likeness (QED) is 0.588. The highest BCUT2D eigenvalue weighted by molar-refractivity contribution is 9.10. The van der Waals surface area contributed by atoms with E-state index in [4.69, 9.17) is 0 Å². The van der Waals surface area contributed by atoms with E-state index < -0.39 is 6.04 Å². The minimum atomic E-state index is -0.442. The number of carbonyl (C=O) groups excluding carboxylic acids is 2. The standard InChI is InChI=1S/C25H24BrN3O2/c26-16-11-9-15(10-12-16)24-23-19(18-7-3-4-8-20(18)27-23)13-21-25(31)28(14-22(30)29(21)24)17-5-1-2-6-17/h3-4,7-12,17,21,24,27H,1-2,5-6,13-14H2/t21-,24-/m0/s1. The zero-order chi connectivity index (χ0) is 21.1. The first-order valence-electron chi connectivity index (χ1n) is 11.1. The van der Waals surface area contributed by atoms with Crippen molar-refractivity contribution in [2.75, 3.05) is 6.54 Å². The molecule has 158 valence electrons. The molecule has 1 saturated heterocycles. The number of hydrogen-bond acceptors (Lipinski definition) is 2. The van der Waals surface area contributed by atoms with Crippen LogP contribution in [0.5, 0.6) is 0 Å². The number of aromatic nitrogens is 1. The van der Waals surface area contributed by atoms with Crippen molar-refractivity contribution in [2.24, 2.45) is 0 Å². The number of hydrogen-bond donors (Lipinski definition) is 1. The van der Waals surface area contributed by atoms with Crippen LogP contribution in [0.15, 0.2) is 53.0 Å². The van der Waals surface area contributed by atoms with Gasteiger partial charge in [-0.25, -0.2) is 0 Å². The molecule has 1 aromatic heterocycles. The van der Waals surface area contributed by atoms with Gasteiger partial charge in [-0.1, -0.05) is 59.1 Å². The van der Waals surface area contributed by atoms with Crippen LogP contribution in [0.25, 0.3) is 10.9 Å². The molecule has 31 heavy (non-hydrogen) atoms. The highest BCUT2D eigenvalue weighted by Gasteiger charge is 2.49. The van der Waals surface area contributed by atoms with Crippen molar-refractivity contribution in [3.63, 3.8) is 0 Å². The lowest BCUT2D eigenvalue weighted by molar-refractivity contribution is -0.160. The number of piperazine rings is 1. The Hall–Kier alpha value is -2.60. The van der Waals surface area contributed by atoms with Gasteiger partial charge in [-0.05, 0) is 42.2 Å². The van der Waals surface area contributed by atoms with Crippen molar-refractivity contribution >= 4 is 38.6 Å². The van der Waals surface area contributed by atoms with E-state index in [0.717, 1.165) is 52.3 Å². The summed E-state index contributed by atoms with van der Waals surface area (Å²) in [6, 6.07) is 15.8.